The molecule has 0 bridgehead atoms. The third-order valence-electron chi connectivity index (χ3n) is 2.93. The number of hydrogen-bond acceptors (Lipinski definition) is 3. The first kappa shape index (κ1) is 14.0. The van der Waals surface area contributed by atoms with Crippen LogP contribution >= 0.6 is 15.9 Å². The van der Waals surface area contributed by atoms with Gasteiger partial charge in [0.15, 0.2) is 4.73 Å². The Labute approximate surface area is 122 Å². The van der Waals surface area contributed by atoms with Gasteiger partial charge in [0.25, 0.3) is 0 Å². The molecule has 2 aromatic rings. The molecule has 0 fully saturated rings. The van der Waals surface area contributed by atoms with E-state index in [-0.39, 0.29) is 5.41 Å². The molecule has 0 aliphatic heterocycles. The lowest BCUT2D eigenvalue weighted by Crippen LogP contribution is -2.13. The van der Waals surface area contributed by atoms with Crippen LogP contribution in [0, 0.1) is 0 Å². The highest BCUT2D eigenvalue weighted by atomic mass is 79.9. The summed E-state index contributed by atoms with van der Waals surface area (Å²) < 4.78 is 6.04. The highest BCUT2D eigenvalue weighted by Crippen LogP contribution is 2.34. The third-order valence-corrected chi connectivity index (χ3v) is 3.31. The minimum atomic E-state index is 0.0195. The predicted molar refractivity (Wildman–Crippen MR) is 80.4 cm³/mol. The summed E-state index contributed by atoms with van der Waals surface area (Å²) in [5, 5.41) is 0. The molecule has 0 saturated carbocycles. The minimum Gasteiger partial charge on any atom is -0.496 e. The van der Waals surface area contributed by atoms with Crippen molar-refractivity contribution in [3.8, 4) is 17.0 Å². The van der Waals surface area contributed by atoms with E-state index in [0.29, 0.717) is 4.73 Å². The molecule has 100 valence electrons. The highest BCUT2D eigenvalue weighted by Gasteiger charge is 2.19. The van der Waals surface area contributed by atoms with Crippen LogP contribution in [-0.2, 0) is 5.41 Å². The Morgan fingerprint density at radius 2 is 1.89 bits per heavy atom. The Kier molecular flexibility index (Phi) is 3.90. The van der Waals surface area contributed by atoms with Gasteiger partial charge in [0, 0.05) is 17.3 Å². The van der Waals surface area contributed by atoms with E-state index < -0.39 is 0 Å². The molecule has 0 amide bonds. The lowest BCUT2D eigenvalue weighted by atomic mass is 9.85. The van der Waals surface area contributed by atoms with Crippen molar-refractivity contribution in [3.63, 3.8) is 0 Å². The Balaban J connectivity index is 2.55. The SMILES string of the molecule is COc1ccc(-c2ccnc(Br)n2)cc1C(C)(C)C. The van der Waals surface area contributed by atoms with Crippen LogP contribution in [0.4, 0.5) is 0 Å². The van der Waals surface area contributed by atoms with Crippen LogP contribution in [0.2, 0.25) is 0 Å². The molecule has 0 saturated heterocycles. The van der Waals surface area contributed by atoms with Gasteiger partial charge in [-0.3, -0.25) is 0 Å². The van der Waals surface area contributed by atoms with Crippen LogP contribution in [-0.4, -0.2) is 17.1 Å². The zero-order valence-corrected chi connectivity index (χ0v) is 13.2. The first-order chi connectivity index (χ1) is 8.91. The van der Waals surface area contributed by atoms with E-state index in [1.54, 1.807) is 13.3 Å². The molecule has 2 rings (SSSR count). The second kappa shape index (κ2) is 5.29. The van der Waals surface area contributed by atoms with E-state index in [2.05, 4.69) is 52.7 Å². The first-order valence-corrected chi connectivity index (χ1v) is 6.88. The fourth-order valence-corrected chi connectivity index (χ4v) is 2.26. The molecule has 1 aromatic carbocycles. The summed E-state index contributed by atoms with van der Waals surface area (Å²) in [6.45, 7) is 6.51. The lowest BCUT2D eigenvalue weighted by molar-refractivity contribution is 0.397. The smallest absolute Gasteiger partial charge is 0.197 e. The van der Waals surface area contributed by atoms with Gasteiger partial charge in [-0.15, -0.1) is 0 Å². The molecular formula is C15H17BrN2O. The van der Waals surface area contributed by atoms with Crippen molar-refractivity contribution in [2.45, 2.75) is 26.2 Å². The molecule has 1 aromatic heterocycles. The van der Waals surface area contributed by atoms with Gasteiger partial charge in [0.2, 0.25) is 0 Å². The number of aromatic nitrogens is 2. The van der Waals surface area contributed by atoms with Crippen molar-refractivity contribution in [3.05, 3.63) is 40.8 Å². The predicted octanol–water partition coefficient (Wildman–Crippen LogP) is 4.21. The Bertz CT molecular complexity index is 591. The molecule has 0 aliphatic rings. The zero-order valence-electron chi connectivity index (χ0n) is 11.6. The van der Waals surface area contributed by atoms with Gasteiger partial charge in [-0.1, -0.05) is 20.8 Å². The van der Waals surface area contributed by atoms with E-state index in [9.17, 15) is 0 Å². The molecule has 3 nitrogen and oxygen atoms in total. The van der Waals surface area contributed by atoms with Crippen LogP contribution in [0.1, 0.15) is 26.3 Å². The Morgan fingerprint density at radius 3 is 2.47 bits per heavy atom. The van der Waals surface area contributed by atoms with Gasteiger partial charge in [0.05, 0.1) is 12.8 Å². The van der Waals surface area contributed by atoms with Crippen molar-refractivity contribution in [2.24, 2.45) is 0 Å². The first-order valence-electron chi connectivity index (χ1n) is 6.09. The monoisotopic (exact) mass is 320 g/mol. The summed E-state index contributed by atoms with van der Waals surface area (Å²) >= 11 is 3.30. The molecule has 0 N–H and O–H groups in total. The number of ether oxygens (including phenoxy) is 1. The van der Waals surface area contributed by atoms with E-state index >= 15 is 0 Å². The lowest BCUT2D eigenvalue weighted by Gasteiger charge is -2.22. The molecule has 0 radical (unpaired) electrons. The minimum absolute atomic E-state index is 0.0195. The maximum Gasteiger partial charge on any atom is 0.197 e. The fraction of sp³-hybridized carbons (Fsp3) is 0.333. The van der Waals surface area contributed by atoms with Gasteiger partial charge in [-0.2, -0.15) is 0 Å². The van der Waals surface area contributed by atoms with Gasteiger partial charge in [0.1, 0.15) is 5.75 Å². The second-order valence-electron chi connectivity index (χ2n) is 5.38. The summed E-state index contributed by atoms with van der Waals surface area (Å²) in [6, 6.07) is 8.04. The maximum atomic E-state index is 5.44. The van der Waals surface area contributed by atoms with Crippen molar-refractivity contribution in [1.82, 2.24) is 9.97 Å². The Morgan fingerprint density at radius 1 is 1.16 bits per heavy atom. The number of rotatable bonds is 2. The van der Waals surface area contributed by atoms with E-state index in [1.165, 1.54) is 5.56 Å². The number of halogens is 1. The zero-order chi connectivity index (χ0) is 14.0. The summed E-state index contributed by atoms with van der Waals surface area (Å²) in [5.74, 6) is 0.907. The Hall–Kier alpha value is -1.42. The van der Waals surface area contributed by atoms with Crippen LogP contribution in [0.15, 0.2) is 35.2 Å². The molecule has 19 heavy (non-hydrogen) atoms. The van der Waals surface area contributed by atoms with Gasteiger partial charge < -0.3 is 4.74 Å². The molecule has 1 heterocycles. The molecule has 4 heteroatoms. The molecule has 0 spiro atoms. The molecule has 0 aliphatic carbocycles. The van der Waals surface area contributed by atoms with E-state index in [0.717, 1.165) is 17.0 Å². The van der Waals surface area contributed by atoms with Crippen LogP contribution in [0.3, 0.4) is 0 Å². The molecular weight excluding hydrogens is 304 g/mol. The van der Waals surface area contributed by atoms with Crippen LogP contribution in [0.5, 0.6) is 5.75 Å². The van der Waals surface area contributed by atoms with E-state index in [4.69, 9.17) is 4.74 Å². The quantitative estimate of drug-likeness (QED) is 0.777. The largest absolute Gasteiger partial charge is 0.496 e. The van der Waals surface area contributed by atoms with Crippen molar-refractivity contribution in [2.75, 3.05) is 7.11 Å². The summed E-state index contributed by atoms with van der Waals surface area (Å²) in [4.78, 5) is 8.44. The van der Waals surface area contributed by atoms with Crippen molar-refractivity contribution >= 4 is 15.9 Å². The molecule has 0 unspecified atom stereocenters. The fourth-order valence-electron chi connectivity index (χ4n) is 1.95. The van der Waals surface area contributed by atoms with Crippen molar-refractivity contribution in [1.29, 1.82) is 0 Å². The summed E-state index contributed by atoms with van der Waals surface area (Å²) in [7, 11) is 1.70. The van der Waals surface area contributed by atoms with Gasteiger partial charge >= 0.3 is 0 Å². The highest BCUT2D eigenvalue weighted by molar-refractivity contribution is 9.10. The summed E-state index contributed by atoms with van der Waals surface area (Å²) in [6.07, 6.45) is 1.74. The number of hydrogen-bond donors (Lipinski definition) is 0. The van der Waals surface area contributed by atoms with E-state index in [1.807, 2.05) is 18.2 Å². The molecule has 0 atom stereocenters. The van der Waals surface area contributed by atoms with Crippen molar-refractivity contribution < 1.29 is 4.74 Å². The maximum absolute atomic E-state index is 5.44. The summed E-state index contributed by atoms with van der Waals surface area (Å²) in [5.41, 5.74) is 3.15. The normalized spacial score (nSPS) is 11.4. The second-order valence-corrected chi connectivity index (χ2v) is 6.09. The third kappa shape index (κ3) is 3.13. The average Bonchev–Trinajstić information content (AvgIpc) is 2.37. The number of benzene rings is 1. The van der Waals surface area contributed by atoms with Crippen LogP contribution < -0.4 is 4.74 Å². The standard InChI is InChI=1S/C15H17BrN2O/c1-15(2,3)11-9-10(5-6-13(11)19-4)12-7-8-17-14(16)18-12/h5-9H,1-4H3. The average molecular weight is 321 g/mol. The number of nitrogens with zero attached hydrogens (tertiary/aromatic N) is 2. The van der Waals surface area contributed by atoms with Gasteiger partial charge in [-0.25, -0.2) is 9.97 Å². The topological polar surface area (TPSA) is 35.0 Å². The van der Waals surface area contributed by atoms with Gasteiger partial charge in [-0.05, 0) is 45.6 Å². The number of methoxy groups -OCH3 is 1. The van der Waals surface area contributed by atoms with Crippen LogP contribution in [0.25, 0.3) is 11.3 Å².